The third kappa shape index (κ3) is 41.2. The van der Waals surface area contributed by atoms with E-state index in [1.165, 1.54) is 122 Å². The minimum atomic E-state index is -0.145. The number of Topliss-reactive ketones (excluding diaryl/α,β-unsaturated/α-hetero) is 1. The molecule has 1 aliphatic heterocycles. The van der Waals surface area contributed by atoms with E-state index >= 15 is 0 Å². The van der Waals surface area contributed by atoms with Crippen molar-refractivity contribution < 1.29 is 33.4 Å². The molecule has 0 bridgehead atoms. The summed E-state index contributed by atoms with van der Waals surface area (Å²) in [7, 11) is 3.92. The Balaban J connectivity index is 0.00000434. The summed E-state index contributed by atoms with van der Waals surface area (Å²) >= 11 is 0. The maximum atomic E-state index is 13.0. The van der Waals surface area contributed by atoms with Gasteiger partial charge in [0.1, 0.15) is 17.9 Å². The Morgan fingerprint density at radius 1 is 0.540 bits per heavy atom. The van der Waals surface area contributed by atoms with Crippen LogP contribution in [0.15, 0.2) is 0 Å². The van der Waals surface area contributed by atoms with Gasteiger partial charge in [-0.15, -0.1) is 0 Å². The van der Waals surface area contributed by atoms with E-state index in [1.54, 1.807) is 6.92 Å². The minimum Gasteiger partial charge on any atom is -0.466 e. The molecule has 1 rings (SSSR count). The molecule has 1 aliphatic rings. The summed E-state index contributed by atoms with van der Waals surface area (Å²) in [4.78, 5) is 52.5. The van der Waals surface area contributed by atoms with E-state index in [9.17, 15) is 19.2 Å². The molecule has 0 saturated carbocycles. The lowest BCUT2D eigenvalue weighted by Crippen LogP contribution is -2.38. The summed E-state index contributed by atoms with van der Waals surface area (Å²) in [5.41, 5.74) is 0. The number of rotatable bonds is 43. The molecule has 0 aromatic rings. The number of esters is 3. The molecule has 9 heteroatoms. The Labute approximate surface area is 390 Å². The SMILES string of the molecule is CC(=O)CCN(C)C.CCCCCCCCCCCOC(=O)CCCCCN1CC(C)C[C@H]1C(=O)OCCCCCCCC(=O)OC(CCCCCCCC)CCCCCCCC. The smallest absolute Gasteiger partial charge is 0.323 e. The third-order valence-corrected chi connectivity index (χ3v) is 12.5. The largest absolute Gasteiger partial charge is 0.466 e. The number of hydrogen-bond acceptors (Lipinski definition) is 9. The summed E-state index contributed by atoms with van der Waals surface area (Å²) in [5, 5.41) is 0. The lowest BCUT2D eigenvalue weighted by atomic mass is 10.0. The van der Waals surface area contributed by atoms with Crippen molar-refractivity contribution in [3.63, 3.8) is 0 Å². The second-order valence-corrected chi connectivity index (χ2v) is 19.4. The molecular formula is C54H104N2O7. The standard InChI is InChI=1S/C48H91NO6.C6H13NO/c1-5-8-11-14-17-18-19-24-32-39-53-46(50)36-30-26-31-38-49-42-43(4)41-45(49)48(52)54-40-33-25-20-23-29-37-47(51)55-44(34-27-21-15-12-9-6-2)35-28-22-16-13-10-7-3;1-6(8)4-5-7(2)3/h43-45H,5-42H2,1-4H3;4-5H2,1-3H3/t43?,45-;/m0./s1. The van der Waals surface area contributed by atoms with Gasteiger partial charge in [-0.25, -0.2) is 0 Å². The monoisotopic (exact) mass is 893 g/mol. The normalized spacial score (nSPS) is 15.1. The van der Waals surface area contributed by atoms with Gasteiger partial charge in [0.05, 0.1) is 13.2 Å². The Morgan fingerprint density at radius 3 is 1.44 bits per heavy atom. The topological polar surface area (TPSA) is 102 Å². The highest BCUT2D eigenvalue weighted by atomic mass is 16.5. The molecule has 9 nitrogen and oxygen atoms in total. The van der Waals surface area contributed by atoms with Crippen molar-refractivity contribution in [2.24, 2.45) is 5.92 Å². The van der Waals surface area contributed by atoms with E-state index in [0.717, 1.165) is 103 Å². The quantitative estimate of drug-likeness (QED) is 0.0336. The van der Waals surface area contributed by atoms with Crippen LogP contribution in [0.5, 0.6) is 0 Å². The van der Waals surface area contributed by atoms with Gasteiger partial charge in [-0.2, -0.15) is 0 Å². The van der Waals surface area contributed by atoms with Gasteiger partial charge < -0.3 is 19.1 Å². The zero-order chi connectivity index (χ0) is 46.6. The molecule has 1 saturated heterocycles. The molecule has 0 N–H and O–H groups in total. The molecular weight excluding hydrogens is 789 g/mol. The molecule has 0 amide bonds. The average Bonchev–Trinajstić information content (AvgIpc) is 3.63. The highest BCUT2D eigenvalue weighted by Crippen LogP contribution is 2.25. The van der Waals surface area contributed by atoms with E-state index in [2.05, 4.69) is 32.6 Å². The Kier molecular flexibility index (Phi) is 43.7. The lowest BCUT2D eigenvalue weighted by Gasteiger charge is -2.22. The van der Waals surface area contributed by atoms with Gasteiger partial charge >= 0.3 is 17.9 Å². The van der Waals surface area contributed by atoms with Gasteiger partial charge in [0.15, 0.2) is 0 Å². The molecule has 2 atom stereocenters. The zero-order valence-corrected chi connectivity index (χ0v) is 42.8. The molecule has 1 fully saturated rings. The van der Waals surface area contributed by atoms with Crippen LogP contribution in [-0.4, -0.2) is 92.6 Å². The first-order chi connectivity index (χ1) is 30.5. The molecule has 63 heavy (non-hydrogen) atoms. The predicted octanol–water partition coefficient (Wildman–Crippen LogP) is 14.2. The first-order valence-corrected chi connectivity index (χ1v) is 26.9. The van der Waals surface area contributed by atoms with E-state index in [4.69, 9.17) is 14.2 Å². The Morgan fingerprint density at radius 2 is 0.968 bits per heavy atom. The van der Waals surface area contributed by atoms with Gasteiger partial charge in [-0.3, -0.25) is 24.1 Å². The van der Waals surface area contributed by atoms with Crippen LogP contribution < -0.4 is 0 Å². The number of carbonyl (C=O) groups excluding carboxylic acids is 4. The molecule has 0 aromatic heterocycles. The number of carbonyl (C=O) groups is 4. The number of nitrogens with zero attached hydrogens (tertiary/aromatic N) is 2. The molecule has 0 aromatic carbocycles. The lowest BCUT2D eigenvalue weighted by molar-refractivity contribution is -0.150. The maximum absolute atomic E-state index is 13.0. The van der Waals surface area contributed by atoms with Crippen LogP contribution in [0, 0.1) is 5.92 Å². The van der Waals surface area contributed by atoms with Crippen molar-refractivity contribution in [2.45, 2.75) is 271 Å². The van der Waals surface area contributed by atoms with Crippen LogP contribution in [0.3, 0.4) is 0 Å². The van der Waals surface area contributed by atoms with Crippen molar-refractivity contribution in [3.8, 4) is 0 Å². The summed E-state index contributed by atoms with van der Waals surface area (Å²) in [5.74, 6) is 0.581. The fraction of sp³-hybridized carbons (Fsp3) is 0.926. The molecule has 372 valence electrons. The van der Waals surface area contributed by atoms with Crippen molar-refractivity contribution in [1.82, 2.24) is 9.80 Å². The highest BCUT2D eigenvalue weighted by Gasteiger charge is 2.35. The average molecular weight is 893 g/mol. The summed E-state index contributed by atoms with van der Waals surface area (Å²) < 4.78 is 17.2. The minimum absolute atomic E-state index is 0.0201. The van der Waals surface area contributed by atoms with Gasteiger partial charge in [0.25, 0.3) is 0 Å². The number of ether oxygens (including phenoxy) is 3. The number of unbranched alkanes of at least 4 members (excludes halogenated alkanes) is 24. The van der Waals surface area contributed by atoms with Gasteiger partial charge in [-0.05, 0) is 97.7 Å². The third-order valence-electron chi connectivity index (χ3n) is 12.5. The van der Waals surface area contributed by atoms with Crippen molar-refractivity contribution in [3.05, 3.63) is 0 Å². The van der Waals surface area contributed by atoms with Crippen LogP contribution in [-0.2, 0) is 33.4 Å². The summed E-state index contributed by atoms with van der Waals surface area (Å²) in [6.45, 7) is 14.3. The predicted molar refractivity (Wildman–Crippen MR) is 264 cm³/mol. The van der Waals surface area contributed by atoms with Crippen molar-refractivity contribution in [2.75, 3.05) is 46.9 Å². The van der Waals surface area contributed by atoms with Crippen molar-refractivity contribution in [1.29, 1.82) is 0 Å². The van der Waals surface area contributed by atoms with E-state index < -0.39 is 0 Å². The number of hydrogen-bond donors (Lipinski definition) is 0. The fourth-order valence-electron chi connectivity index (χ4n) is 8.42. The Hall–Kier alpha value is -2.00. The van der Waals surface area contributed by atoms with Gasteiger partial charge in [0, 0.05) is 32.4 Å². The molecule has 1 unspecified atom stereocenters. The van der Waals surface area contributed by atoms with Crippen LogP contribution in [0.2, 0.25) is 0 Å². The van der Waals surface area contributed by atoms with Crippen LogP contribution in [0.25, 0.3) is 0 Å². The first-order valence-electron chi connectivity index (χ1n) is 26.9. The molecule has 0 spiro atoms. The summed E-state index contributed by atoms with van der Waals surface area (Å²) in [6, 6.07) is -0.145. The molecule has 1 heterocycles. The van der Waals surface area contributed by atoms with E-state index in [1.807, 2.05) is 19.0 Å². The maximum Gasteiger partial charge on any atom is 0.323 e. The summed E-state index contributed by atoms with van der Waals surface area (Å²) in [6.07, 6.45) is 38.9. The van der Waals surface area contributed by atoms with Gasteiger partial charge in [0.2, 0.25) is 0 Å². The fourth-order valence-corrected chi connectivity index (χ4v) is 8.42. The second kappa shape index (κ2) is 45.2. The van der Waals surface area contributed by atoms with Crippen LogP contribution in [0.4, 0.5) is 0 Å². The van der Waals surface area contributed by atoms with Gasteiger partial charge in [-0.1, -0.05) is 169 Å². The molecule has 0 radical (unpaired) electrons. The second-order valence-electron chi connectivity index (χ2n) is 19.4. The van der Waals surface area contributed by atoms with E-state index in [-0.39, 0.29) is 35.8 Å². The number of ketones is 1. The highest BCUT2D eigenvalue weighted by molar-refractivity contribution is 5.76. The first kappa shape index (κ1) is 61.0. The van der Waals surface area contributed by atoms with Crippen LogP contribution in [0.1, 0.15) is 259 Å². The van der Waals surface area contributed by atoms with Crippen molar-refractivity contribution >= 4 is 23.7 Å². The zero-order valence-electron chi connectivity index (χ0n) is 42.8. The number of likely N-dealkylation sites (tertiary alicyclic amines) is 1. The molecule has 0 aliphatic carbocycles. The van der Waals surface area contributed by atoms with E-state index in [0.29, 0.717) is 38.4 Å². The Bertz CT molecular complexity index is 1050. The van der Waals surface area contributed by atoms with Crippen LogP contribution >= 0.6 is 0 Å².